The van der Waals surface area contributed by atoms with Gasteiger partial charge in [0.15, 0.2) is 11.6 Å². The van der Waals surface area contributed by atoms with E-state index < -0.39 is 5.82 Å². The van der Waals surface area contributed by atoms with E-state index in [0.29, 0.717) is 12.3 Å². The zero-order chi connectivity index (χ0) is 10.7. The topological polar surface area (TPSA) is 44.5 Å². The molecule has 0 bridgehead atoms. The highest BCUT2D eigenvalue weighted by Crippen LogP contribution is 2.25. The van der Waals surface area contributed by atoms with Crippen molar-refractivity contribution in [3.05, 3.63) is 24.0 Å². The van der Waals surface area contributed by atoms with E-state index in [4.69, 9.17) is 15.2 Å². The molecule has 1 heterocycles. The number of hydrogen-bond donors (Lipinski definition) is 1. The fourth-order valence-corrected chi connectivity index (χ4v) is 1.63. The normalized spacial score (nSPS) is 20.5. The summed E-state index contributed by atoms with van der Waals surface area (Å²) in [5.41, 5.74) is 5.93. The third kappa shape index (κ3) is 2.39. The number of halogens is 1. The molecule has 0 spiro atoms. The number of rotatable bonds is 3. The van der Waals surface area contributed by atoms with Gasteiger partial charge in [-0.1, -0.05) is 6.07 Å². The summed E-state index contributed by atoms with van der Waals surface area (Å²) in [5.74, 6) is -0.291. The van der Waals surface area contributed by atoms with E-state index in [1.807, 2.05) is 0 Å². The van der Waals surface area contributed by atoms with Gasteiger partial charge in [-0.3, -0.25) is 0 Å². The summed E-state index contributed by atoms with van der Waals surface area (Å²) < 4.78 is 24.0. The van der Waals surface area contributed by atoms with Crippen LogP contribution >= 0.6 is 0 Å². The molecule has 1 aromatic carbocycles. The van der Waals surface area contributed by atoms with Gasteiger partial charge in [-0.2, -0.15) is 0 Å². The van der Waals surface area contributed by atoms with Crippen LogP contribution < -0.4 is 10.5 Å². The molecule has 1 aliphatic rings. The van der Waals surface area contributed by atoms with Crippen LogP contribution in [0, 0.1) is 5.82 Å². The van der Waals surface area contributed by atoms with E-state index in [0.717, 1.165) is 19.4 Å². The first-order valence-electron chi connectivity index (χ1n) is 5.06. The third-order valence-corrected chi connectivity index (χ3v) is 2.43. The summed E-state index contributed by atoms with van der Waals surface area (Å²) in [5, 5.41) is 0. The average Bonchev–Trinajstić information content (AvgIpc) is 2.70. The van der Waals surface area contributed by atoms with Crippen LogP contribution in [0.2, 0.25) is 0 Å². The van der Waals surface area contributed by atoms with Gasteiger partial charge in [0, 0.05) is 6.61 Å². The zero-order valence-corrected chi connectivity index (χ0v) is 8.41. The highest BCUT2D eigenvalue weighted by atomic mass is 19.1. The zero-order valence-electron chi connectivity index (χ0n) is 8.41. The van der Waals surface area contributed by atoms with Crippen LogP contribution in [0.4, 0.5) is 10.1 Å². The molecular formula is C11H14FNO2. The Labute approximate surface area is 88.0 Å². The maximum Gasteiger partial charge on any atom is 0.177 e. The molecule has 1 unspecified atom stereocenters. The van der Waals surface area contributed by atoms with Crippen LogP contribution in [0.5, 0.6) is 5.75 Å². The first-order chi connectivity index (χ1) is 7.27. The van der Waals surface area contributed by atoms with Crippen molar-refractivity contribution in [2.75, 3.05) is 18.9 Å². The molecule has 1 atom stereocenters. The molecule has 3 nitrogen and oxygen atoms in total. The molecule has 1 fully saturated rings. The maximum absolute atomic E-state index is 13.3. The smallest absolute Gasteiger partial charge is 0.177 e. The van der Waals surface area contributed by atoms with Crippen molar-refractivity contribution in [2.24, 2.45) is 0 Å². The highest BCUT2D eigenvalue weighted by molar-refractivity contribution is 5.52. The first-order valence-corrected chi connectivity index (χ1v) is 5.06. The van der Waals surface area contributed by atoms with Gasteiger partial charge in [-0.05, 0) is 25.0 Å². The number of nitrogen functional groups attached to an aromatic ring is 1. The lowest BCUT2D eigenvalue weighted by atomic mass is 10.2. The monoisotopic (exact) mass is 211 g/mol. The predicted molar refractivity (Wildman–Crippen MR) is 55.3 cm³/mol. The van der Waals surface area contributed by atoms with Crippen molar-refractivity contribution in [3.63, 3.8) is 0 Å². The molecule has 0 amide bonds. The largest absolute Gasteiger partial charge is 0.486 e. The summed E-state index contributed by atoms with van der Waals surface area (Å²) in [6.45, 7) is 1.13. The predicted octanol–water partition coefficient (Wildman–Crippen LogP) is 1.97. The van der Waals surface area contributed by atoms with Crippen molar-refractivity contribution >= 4 is 5.69 Å². The quantitative estimate of drug-likeness (QED) is 0.777. The van der Waals surface area contributed by atoms with Gasteiger partial charge in [-0.25, -0.2) is 4.39 Å². The lowest BCUT2D eigenvalue weighted by Gasteiger charge is -2.13. The molecule has 15 heavy (non-hydrogen) atoms. The number of nitrogens with two attached hydrogens (primary N) is 1. The minimum atomic E-state index is -0.423. The Balaban J connectivity index is 1.97. The second-order valence-electron chi connectivity index (χ2n) is 3.60. The fourth-order valence-electron chi connectivity index (χ4n) is 1.63. The fraction of sp³-hybridized carbons (Fsp3) is 0.455. The Kier molecular flexibility index (Phi) is 3.06. The molecule has 2 rings (SSSR count). The van der Waals surface area contributed by atoms with Crippen LogP contribution in [0.15, 0.2) is 18.2 Å². The van der Waals surface area contributed by atoms with Crippen molar-refractivity contribution in [1.82, 2.24) is 0 Å². The van der Waals surface area contributed by atoms with Crippen molar-refractivity contribution in [2.45, 2.75) is 18.9 Å². The van der Waals surface area contributed by atoms with Gasteiger partial charge >= 0.3 is 0 Å². The molecule has 0 aromatic heterocycles. The highest BCUT2D eigenvalue weighted by Gasteiger charge is 2.17. The summed E-state index contributed by atoms with van der Waals surface area (Å²) in [7, 11) is 0. The molecule has 1 saturated heterocycles. The second-order valence-corrected chi connectivity index (χ2v) is 3.60. The Bertz CT molecular complexity index is 317. The van der Waals surface area contributed by atoms with Gasteiger partial charge in [0.2, 0.25) is 0 Å². The van der Waals surface area contributed by atoms with E-state index in [-0.39, 0.29) is 11.9 Å². The molecule has 1 aliphatic heterocycles. The number of para-hydroxylation sites is 1. The van der Waals surface area contributed by atoms with E-state index in [1.165, 1.54) is 6.07 Å². The van der Waals surface area contributed by atoms with Gasteiger partial charge < -0.3 is 15.2 Å². The van der Waals surface area contributed by atoms with Crippen molar-refractivity contribution < 1.29 is 13.9 Å². The average molecular weight is 211 g/mol. The van der Waals surface area contributed by atoms with E-state index >= 15 is 0 Å². The van der Waals surface area contributed by atoms with E-state index in [1.54, 1.807) is 12.1 Å². The molecule has 1 aromatic rings. The molecule has 0 aliphatic carbocycles. The first kappa shape index (κ1) is 10.2. The number of anilines is 1. The Morgan fingerprint density at radius 3 is 3.07 bits per heavy atom. The van der Waals surface area contributed by atoms with Gasteiger partial charge in [0.05, 0.1) is 11.8 Å². The third-order valence-electron chi connectivity index (χ3n) is 2.43. The van der Waals surface area contributed by atoms with Crippen LogP contribution in [0.25, 0.3) is 0 Å². The van der Waals surface area contributed by atoms with Crippen LogP contribution in [-0.4, -0.2) is 19.3 Å². The van der Waals surface area contributed by atoms with Crippen LogP contribution in [0.3, 0.4) is 0 Å². The lowest BCUT2D eigenvalue weighted by Crippen LogP contribution is -2.17. The number of hydrogen-bond acceptors (Lipinski definition) is 3. The maximum atomic E-state index is 13.3. The molecule has 82 valence electrons. The van der Waals surface area contributed by atoms with E-state index in [9.17, 15) is 4.39 Å². The minimum absolute atomic E-state index is 0.0732. The molecular weight excluding hydrogens is 197 g/mol. The Morgan fingerprint density at radius 2 is 2.40 bits per heavy atom. The number of ether oxygens (including phenoxy) is 2. The summed E-state index contributed by atoms with van der Waals surface area (Å²) in [6.07, 6.45) is 2.08. The van der Waals surface area contributed by atoms with Crippen LogP contribution in [-0.2, 0) is 4.74 Å². The SMILES string of the molecule is Nc1cccc(F)c1OCC1CCCO1. The summed E-state index contributed by atoms with van der Waals surface area (Å²) in [4.78, 5) is 0. The molecule has 0 radical (unpaired) electrons. The van der Waals surface area contributed by atoms with E-state index in [2.05, 4.69) is 0 Å². The van der Waals surface area contributed by atoms with Crippen molar-refractivity contribution in [3.8, 4) is 5.75 Å². The minimum Gasteiger partial charge on any atom is -0.486 e. The summed E-state index contributed by atoms with van der Waals surface area (Å²) in [6, 6.07) is 4.51. The summed E-state index contributed by atoms with van der Waals surface area (Å²) >= 11 is 0. The Hall–Kier alpha value is -1.29. The van der Waals surface area contributed by atoms with Crippen molar-refractivity contribution in [1.29, 1.82) is 0 Å². The van der Waals surface area contributed by atoms with Crippen LogP contribution in [0.1, 0.15) is 12.8 Å². The molecule has 4 heteroatoms. The standard InChI is InChI=1S/C11H14FNO2/c12-9-4-1-5-10(13)11(9)15-7-8-3-2-6-14-8/h1,4-5,8H,2-3,6-7,13H2. The second kappa shape index (κ2) is 4.49. The van der Waals surface area contributed by atoms with Gasteiger partial charge in [0.25, 0.3) is 0 Å². The molecule has 0 saturated carbocycles. The lowest BCUT2D eigenvalue weighted by molar-refractivity contribution is 0.0669. The Morgan fingerprint density at radius 1 is 1.53 bits per heavy atom. The van der Waals surface area contributed by atoms with Gasteiger partial charge in [-0.15, -0.1) is 0 Å². The molecule has 2 N–H and O–H groups in total. The van der Waals surface area contributed by atoms with Gasteiger partial charge in [0.1, 0.15) is 6.61 Å². The number of benzene rings is 1.